The maximum atomic E-state index is 11.3. The molecule has 0 heterocycles. The molecule has 0 aliphatic carbocycles. The van der Waals surface area contributed by atoms with Crippen molar-refractivity contribution in [3.63, 3.8) is 0 Å². The normalized spacial score (nSPS) is 13.1. The summed E-state index contributed by atoms with van der Waals surface area (Å²) < 4.78 is 5.49. The van der Waals surface area contributed by atoms with E-state index >= 15 is 0 Å². The molecule has 4 nitrogen and oxygen atoms in total. The van der Waals surface area contributed by atoms with Crippen LogP contribution >= 0.6 is 0 Å². The minimum Gasteiger partial charge on any atom is -0.396 e. The first-order chi connectivity index (χ1) is 8.47. The summed E-state index contributed by atoms with van der Waals surface area (Å²) in [5, 5.41) is 12.1. The van der Waals surface area contributed by atoms with E-state index in [-0.39, 0.29) is 30.5 Å². The van der Waals surface area contributed by atoms with Crippen molar-refractivity contribution >= 4 is 5.91 Å². The van der Waals surface area contributed by atoms with Gasteiger partial charge in [-0.15, -0.1) is 0 Å². The molecule has 0 saturated heterocycles. The van der Waals surface area contributed by atoms with E-state index in [0.29, 0.717) is 6.61 Å². The first kappa shape index (κ1) is 17.4. The highest BCUT2D eigenvalue weighted by molar-refractivity contribution is 5.77. The number of carbonyl (C=O) groups excluding carboxylic acids is 1. The molecule has 0 radical (unpaired) electrons. The molecule has 1 unspecified atom stereocenters. The molecule has 0 aromatic rings. The lowest BCUT2D eigenvalue weighted by atomic mass is 10.0. The second-order valence-electron chi connectivity index (χ2n) is 5.37. The van der Waals surface area contributed by atoms with Crippen LogP contribution in [-0.4, -0.2) is 36.9 Å². The Morgan fingerprint density at radius 3 is 2.39 bits per heavy atom. The fraction of sp³-hybridized carbons (Fsp3) is 0.929. The molecule has 0 bridgehead atoms. The lowest BCUT2D eigenvalue weighted by Crippen LogP contribution is -2.28. The monoisotopic (exact) mass is 259 g/mol. The minimum absolute atomic E-state index is 0.0506. The number of carbonyl (C=O) groups is 1. The number of rotatable bonds is 10. The fourth-order valence-electron chi connectivity index (χ4n) is 1.53. The van der Waals surface area contributed by atoms with Gasteiger partial charge in [0.25, 0.3) is 0 Å². The summed E-state index contributed by atoms with van der Waals surface area (Å²) in [6.07, 6.45) is 3.12. The highest BCUT2D eigenvalue weighted by atomic mass is 16.5. The minimum atomic E-state index is 0.0506. The van der Waals surface area contributed by atoms with Gasteiger partial charge in [-0.1, -0.05) is 20.3 Å². The molecule has 4 heteroatoms. The van der Waals surface area contributed by atoms with Crippen LogP contribution in [0.25, 0.3) is 0 Å². The Labute approximate surface area is 111 Å². The largest absolute Gasteiger partial charge is 0.396 e. The zero-order valence-electron chi connectivity index (χ0n) is 12.2. The number of nitrogens with one attached hydrogen (secondary N) is 1. The van der Waals surface area contributed by atoms with Crippen molar-refractivity contribution in [1.82, 2.24) is 5.32 Å². The average molecular weight is 259 g/mol. The molecule has 0 spiro atoms. The Kier molecular flexibility index (Phi) is 9.98. The molecule has 0 saturated carbocycles. The Morgan fingerprint density at radius 2 is 1.89 bits per heavy atom. The van der Waals surface area contributed by atoms with E-state index in [1.165, 1.54) is 0 Å². The number of hydrogen-bond donors (Lipinski definition) is 2. The van der Waals surface area contributed by atoms with Gasteiger partial charge in [-0.05, 0) is 26.7 Å². The van der Waals surface area contributed by atoms with Crippen LogP contribution in [0.15, 0.2) is 0 Å². The fourth-order valence-corrected chi connectivity index (χ4v) is 1.53. The maximum Gasteiger partial charge on any atom is 0.222 e. The molecular weight excluding hydrogens is 230 g/mol. The quantitative estimate of drug-likeness (QED) is 0.590. The number of hydrogen-bond acceptors (Lipinski definition) is 3. The molecule has 1 amide bonds. The van der Waals surface area contributed by atoms with E-state index in [1.54, 1.807) is 0 Å². The zero-order valence-corrected chi connectivity index (χ0v) is 12.2. The van der Waals surface area contributed by atoms with Crippen molar-refractivity contribution in [3.05, 3.63) is 0 Å². The van der Waals surface area contributed by atoms with Gasteiger partial charge in [0.1, 0.15) is 0 Å². The van der Waals surface area contributed by atoms with E-state index in [2.05, 4.69) is 5.32 Å². The third-order valence-corrected chi connectivity index (χ3v) is 2.79. The summed E-state index contributed by atoms with van der Waals surface area (Å²) >= 11 is 0. The Balaban J connectivity index is 3.53. The van der Waals surface area contributed by atoms with Gasteiger partial charge < -0.3 is 15.2 Å². The molecule has 1 atom stereocenters. The number of aliphatic hydroxyl groups is 1. The van der Waals surface area contributed by atoms with Crippen LogP contribution in [0.3, 0.4) is 0 Å². The highest BCUT2D eigenvalue weighted by Gasteiger charge is 2.09. The summed E-state index contributed by atoms with van der Waals surface area (Å²) in [5.41, 5.74) is 0. The third-order valence-electron chi connectivity index (χ3n) is 2.79. The zero-order chi connectivity index (χ0) is 14.0. The first-order valence-electron chi connectivity index (χ1n) is 6.97. The molecule has 0 aromatic heterocycles. The van der Waals surface area contributed by atoms with Gasteiger partial charge in [0, 0.05) is 25.0 Å². The van der Waals surface area contributed by atoms with Crippen molar-refractivity contribution < 1.29 is 14.6 Å². The van der Waals surface area contributed by atoms with Gasteiger partial charge in [-0.2, -0.15) is 0 Å². The van der Waals surface area contributed by atoms with E-state index in [4.69, 9.17) is 4.74 Å². The summed E-state index contributed by atoms with van der Waals surface area (Å²) in [6, 6.07) is 0. The number of unbranched alkanes of at least 4 members (excludes halogenated alkanes) is 1. The van der Waals surface area contributed by atoms with Crippen molar-refractivity contribution in [2.45, 2.75) is 53.1 Å². The average Bonchev–Trinajstić information content (AvgIpc) is 2.31. The number of amides is 1. The van der Waals surface area contributed by atoms with Crippen LogP contribution in [0.4, 0.5) is 0 Å². The molecule has 0 aliphatic heterocycles. The summed E-state index contributed by atoms with van der Waals surface area (Å²) in [4.78, 5) is 11.3. The van der Waals surface area contributed by atoms with Crippen molar-refractivity contribution in [1.29, 1.82) is 0 Å². The lowest BCUT2D eigenvalue weighted by Gasteiger charge is -2.16. The molecule has 2 N–H and O–H groups in total. The highest BCUT2D eigenvalue weighted by Crippen LogP contribution is 2.09. The maximum absolute atomic E-state index is 11.3. The van der Waals surface area contributed by atoms with Crippen LogP contribution in [-0.2, 0) is 9.53 Å². The van der Waals surface area contributed by atoms with E-state index < -0.39 is 0 Å². The van der Waals surface area contributed by atoms with E-state index in [1.807, 2.05) is 27.7 Å². The predicted molar refractivity (Wildman–Crippen MR) is 73.4 cm³/mol. The Bertz CT molecular complexity index is 217. The summed E-state index contributed by atoms with van der Waals surface area (Å²) in [7, 11) is 0. The molecule has 0 aromatic carbocycles. The van der Waals surface area contributed by atoms with E-state index in [9.17, 15) is 9.90 Å². The topological polar surface area (TPSA) is 58.6 Å². The van der Waals surface area contributed by atoms with Crippen molar-refractivity contribution in [3.8, 4) is 0 Å². The van der Waals surface area contributed by atoms with Gasteiger partial charge in [-0.3, -0.25) is 4.79 Å². The number of ether oxygens (including phenoxy) is 1. The molecule has 108 valence electrons. The van der Waals surface area contributed by atoms with Gasteiger partial charge in [0.2, 0.25) is 5.91 Å². The second-order valence-corrected chi connectivity index (χ2v) is 5.37. The Morgan fingerprint density at radius 1 is 1.22 bits per heavy atom. The third kappa shape index (κ3) is 9.42. The van der Waals surface area contributed by atoms with Crippen LogP contribution in [0, 0.1) is 11.8 Å². The molecule has 18 heavy (non-hydrogen) atoms. The van der Waals surface area contributed by atoms with Gasteiger partial charge >= 0.3 is 0 Å². The summed E-state index contributed by atoms with van der Waals surface area (Å²) in [6.45, 7) is 9.28. The van der Waals surface area contributed by atoms with Crippen molar-refractivity contribution in [2.24, 2.45) is 11.8 Å². The Hall–Kier alpha value is -0.610. The van der Waals surface area contributed by atoms with Gasteiger partial charge in [0.15, 0.2) is 0 Å². The van der Waals surface area contributed by atoms with Crippen molar-refractivity contribution in [2.75, 3.05) is 19.8 Å². The standard InChI is InChI=1S/C14H29NO3/c1-11(2)14(17)15-8-6-5-7-13(9-16)10-18-12(3)4/h11-13,16H,5-10H2,1-4H3,(H,15,17). The van der Waals surface area contributed by atoms with Crippen LogP contribution in [0.2, 0.25) is 0 Å². The molecule has 0 fully saturated rings. The SMILES string of the molecule is CC(C)OCC(CO)CCCCNC(=O)C(C)C. The molecular formula is C14H29NO3. The van der Waals surface area contributed by atoms with E-state index in [0.717, 1.165) is 25.8 Å². The first-order valence-corrected chi connectivity index (χ1v) is 6.97. The van der Waals surface area contributed by atoms with Crippen LogP contribution < -0.4 is 5.32 Å². The lowest BCUT2D eigenvalue weighted by molar-refractivity contribution is -0.123. The predicted octanol–water partition coefficient (Wildman–Crippen LogP) is 1.96. The number of aliphatic hydroxyl groups excluding tert-OH is 1. The van der Waals surface area contributed by atoms with Gasteiger partial charge in [0.05, 0.1) is 12.7 Å². The summed E-state index contributed by atoms with van der Waals surface area (Å²) in [5.74, 6) is 0.375. The molecule has 0 rings (SSSR count). The van der Waals surface area contributed by atoms with Crippen LogP contribution in [0.1, 0.15) is 47.0 Å². The molecule has 0 aliphatic rings. The smallest absolute Gasteiger partial charge is 0.222 e. The second kappa shape index (κ2) is 10.3. The van der Waals surface area contributed by atoms with Crippen LogP contribution in [0.5, 0.6) is 0 Å². The van der Waals surface area contributed by atoms with Gasteiger partial charge in [-0.25, -0.2) is 0 Å².